The fraction of sp³-hybridized carbons (Fsp3) is 0.300. The fourth-order valence-corrected chi connectivity index (χ4v) is 1.11. The van der Waals surface area contributed by atoms with Gasteiger partial charge in [0, 0.05) is 11.9 Å². The topological polar surface area (TPSA) is 67.5 Å². The summed E-state index contributed by atoms with van der Waals surface area (Å²) >= 11 is 0. The third-order valence-corrected chi connectivity index (χ3v) is 1.74. The van der Waals surface area contributed by atoms with Crippen molar-refractivity contribution in [1.29, 1.82) is 0 Å². The van der Waals surface area contributed by atoms with Gasteiger partial charge in [0.15, 0.2) is 5.65 Å². The zero-order chi connectivity index (χ0) is 11.4. The van der Waals surface area contributed by atoms with Gasteiger partial charge in [0.1, 0.15) is 5.56 Å². The van der Waals surface area contributed by atoms with Crippen LogP contribution in [-0.2, 0) is 0 Å². The zero-order valence-electron chi connectivity index (χ0n) is 8.93. The largest absolute Gasteiger partial charge is 0.477 e. The van der Waals surface area contributed by atoms with E-state index >= 15 is 0 Å². The van der Waals surface area contributed by atoms with Gasteiger partial charge >= 0.3 is 5.97 Å². The molecule has 0 bridgehead atoms. The maximum Gasteiger partial charge on any atom is 0.341 e. The second kappa shape index (κ2) is 4.54. The van der Waals surface area contributed by atoms with E-state index in [0.29, 0.717) is 5.65 Å². The van der Waals surface area contributed by atoms with E-state index in [9.17, 15) is 4.79 Å². The number of nitrogens with zero attached hydrogens (tertiary/aromatic N) is 3. The summed E-state index contributed by atoms with van der Waals surface area (Å²) in [6, 6.07) is 1.77. The number of hydrogen-bond donors (Lipinski definition) is 1. The van der Waals surface area contributed by atoms with E-state index in [4.69, 9.17) is 5.11 Å². The summed E-state index contributed by atoms with van der Waals surface area (Å²) in [4.78, 5) is 14.8. The van der Waals surface area contributed by atoms with Crippen molar-refractivity contribution in [1.82, 2.24) is 14.6 Å². The van der Waals surface area contributed by atoms with Gasteiger partial charge in [-0.25, -0.2) is 14.3 Å². The Kier molecular flexibility index (Phi) is 3.38. The molecule has 15 heavy (non-hydrogen) atoms. The first-order chi connectivity index (χ1) is 7.18. The van der Waals surface area contributed by atoms with Crippen LogP contribution in [0, 0.1) is 6.92 Å². The van der Waals surface area contributed by atoms with Gasteiger partial charge in [-0.15, -0.1) is 0 Å². The molecular weight excluding hydrogens is 194 g/mol. The third kappa shape index (κ3) is 2.12. The Morgan fingerprint density at radius 3 is 2.73 bits per heavy atom. The first-order valence-electron chi connectivity index (χ1n) is 4.73. The normalized spacial score (nSPS) is 9.53. The Morgan fingerprint density at radius 1 is 1.47 bits per heavy atom. The number of fused-ring (bicyclic) bond motifs is 1. The Labute approximate surface area is 87.4 Å². The number of aromatic carboxylic acids is 1. The molecule has 2 rings (SSSR count). The predicted octanol–water partition coefficient (Wildman–Crippen LogP) is 1.76. The van der Waals surface area contributed by atoms with E-state index in [0.717, 1.165) is 5.69 Å². The molecule has 0 saturated heterocycles. The molecule has 0 aliphatic rings. The van der Waals surface area contributed by atoms with Crippen LogP contribution in [0.3, 0.4) is 0 Å². The van der Waals surface area contributed by atoms with Crippen molar-refractivity contribution in [3.8, 4) is 0 Å². The van der Waals surface area contributed by atoms with E-state index in [2.05, 4.69) is 10.1 Å². The fourth-order valence-electron chi connectivity index (χ4n) is 1.11. The highest BCUT2D eigenvalue weighted by molar-refractivity contribution is 5.94. The molecule has 80 valence electrons. The average molecular weight is 207 g/mol. The van der Waals surface area contributed by atoms with Crippen LogP contribution in [0.15, 0.2) is 18.5 Å². The van der Waals surface area contributed by atoms with Crippen LogP contribution >= 0.6 is 0 Å². The van der Waals surface area contributed by atoms with E-state index in [1.165, 1.54) is 10.7 Å². The second-order valence-electron chi connectivity index (χ2n) is 2.70. The standard InChI is InChI=1S/C8H7N3O2.C2H6/c1-5-2-3-11-7(10-5)6(4-9-11)8(12)13;1-2/h2-4H,1H3,(H,12,13);1-2H3. The highest BCUT2D eigenvalue weighted by Crippen LogP contribution is 2.07. The monoisotopic (exact) mass is 207 g/mol. The van der Waals surface area contributed by atoms with E-state index in [1.54, 1.807) is 19.2 Å². The van der Waals surface area contributed by atoms with Gasteiger partial charge in [-0.05, 0) is 13.0 Å². The molecule has 0 atom stereocenters. The van der Waals surface area contributed by atoms with Gasteiger partial charge in [0.2, 0.25) is 0 Å². The first kappa shape index (κ1) is 11.2. The van der Waals surface area contributed by atoms with Crippen LogP contribution < -0.4 is 0 Å². The quantitative estimate of drug-likeness (QED) is 0.773. The SMILES string of the molecule is CC.Cc1ccn2ncc(C(=O)O)c2n1. The van der Waals surface area contributed by atoms with Crippen LogP contribution in [0.2, 0.25) is 0 Å². The zero-order valence-corrected chi connectivity index (χ0v) is 8.93. The van der Waals surface area contributed by atoms with Gasteiger partial charge in [0.05, 0.1) is 6.20 Å². The lowest BCUT2D eigenvalue weighted by atomic mass is 10.3. The smallest absolute Gasteiger partial charge is 0.341 e. The van der Waals surface area contributed by atoms with Crippen molar-refractivity contribution in [2.75, 3.05) is 0 Å². The Bertz CT molecular complexity index is 476. The molecule has 0 unspecified atom stereocenters. The predicted molar refractivity (Wildman–Crippen MR) is 56.0 cm³/mol. The second-order valence-corrected chi connectivity index (χ2v) is 2.70. The number of carboxylic acid groups (broad SMARTS) is 1. The van der Waals surface area contributed by atoms with Crippen molar-refractivity contribution in [3.63, 3.8) is 0 Å². The summed E-state index contributed by atoms with van der Waals surface area (Å²) in [5.41, 5.74) is 1.28. The van der Waals surface area contributed by atoms with E-state index in [1.807, 2.05) is 13.8 Å². The molecule has 0 aromatic carbocycles. The van der Waals surface area contributed by atoms with Crippen LogP contribution in [0.5, 0.6) is 0 Å². The van der Waals surface area contributed by atoms with E-state index in [-0.39, 0.29) is 5.56 Å². The van der Waals surface area contributed by atoms with Gasteiger partial charge in [-0.3, -0.25) is 0 Å². The number of carboxylic acids is 1. The number of aromatic nitrogens is 3. The van der Waals surface area contributed by atoms with Crippen LogP contribution in [0.4, 0.5) is 0 Å². The van der Waals surface area contributed by atoms with Crippen molar-refractivity contribution < 1.29 is 9.90 Å². The minimum atomic E-state index is -1.01. The lowest BCUT2D eigenvalue weighted by Gasteiger charge is -1.94. The van der Waals surface area contributed by atoms with Crippen molar-refractivity contribution in [3.05, 3.63) is 29.7 Å². The molecule has 0 saturated carbocycles. The summed E-state index contributed by atoms with van der Waals surface area (Å²) < 4.78 is 1.44. The molecule has 0 amide bonds. The molecule has 0 spiro atoms. The highest BCUT2D eigenvalue weighted by Gasteiger charge is 2.11. The number of aryl methyl sites for hydroxylation is 1. The number of hydrogen-bond acceptors (Lipinski definition) is 3. The minimum Gasteiger partial charge on any atom is -0.477 e. The molecule has 0 radical (unpaired) electrons. The summed E-state index contributed by atoms with van der Waals surface area (Å²) in [7, 11) is 0. The average Bonchev–Trinajstić information content (AvgIpc) is 2.63. The molecule has 0 aliphatic carbocycles. The first-order valence-corrected chi connectivity index (χ1v) is 4.73. The van der Waals surface area contributed by atoms with Gasteiger partial charge < -0.3 is 5.11 Å². The lowest BCUT2D eigenvalue weighted by molar-refractivity contribution is 0.0699. The van der Waals surface area contributed by atoms with Crippen LogP contribution in [0.25, 0.3) is 5.65 Å². The van der Waals surface area contributed by atoms with Gasteiger partial charge in [-0.1, -0.05) is 13.8 Å². The Hall–Kier alpha value is -1.91. The molecule has 5 heteroatoms. The van der Waals surface area contributed by atoms with Crippen LogP contribution in [-0.4, -0.2) is 25.7 Å². The van der Waals surface area contributed by atoms with Gasteiger partial charge in [-0.2, -0.15) is 5.10 Å². The van der Waals surface area contributed by atoms with Crippen LogP contribution in [0.1, 0.15) is 29.9 Å². The molecule has 1 N–H and O–H groups in total. The van der Waals surface area contributed by atoms with Crippen molar-refractivity contribution in [2.24, 2.45) is 0 Å². The number of carbonyl (C=O) groups is 1. The molecule has 2 aromatic heterocycles. The molecule has 2 aromatic rings. The third-order valence-electron chi connectivity index (χ3n) is 1.74. The minimum absolute atomic E-state index is 0.128. The maximum atomic E-state index is 10.7. The molecule has 2 heterocycles. The molecular formula is C10H13N3O2. The molecule has 0 fully saturated rings. The Morgan fingerprint density at radius 2 is 2.13 bits per heavy atom. The maximum absolute atomic E-state index is 10.7. The number of rotatable bonds is 1. The summed E-state index contributed by atoms with van der Waals surface area (Å²) in [5.74, 6) is -1.01. The summed E-state index contributed by atoms with van der Waals surface area (Å²) in [5, 5.41) is 12.6. The van der Waals surface area contributed by atoms with Crippen molar-refractivity contribution in [2.45, 2.75) is 20.8 Å². The highest BCUT2D eigenvalue weighted by atomic mass is 16.4. The Balaban J connectivity index is 0.000000531. The van der Waals surface area contributed by atoms with E-state index < -0.39 is 5.97 Å². The molecule has 5 nitrogen and oxygen atoms in total. The summed E-state index contributed by atoms with van der Waals surface area (Å²) in [6.07, 6.45) is 2.98. The van der Waals surface area contributed by atoms with Crippen molar-refractivity contribution >= 4 is 11.6 Å². The molecule has 0 aliphatic heterocycles. The summed E-state index contributed by atoms with van der Waals surface area (Å²) in [6.45, 7) is 5.80. The van der Waals surface area contributed by atoms with Gasteiger partial charge in [0.25, 0.3) is 0 Å². The lowest BCUT2D eigenvalue weighted by Crippen LogP contribution is -1.98.